The van der Waals surface area contributed by atoms with Crippen LogP contribution in [-0.2, 0) is 27.7 Å². The molecule has 0 aromatic heterocycles. The van der Waals surface area contributed by atoms with Gasteiger partial charge < -0.3 is 10.1 Å². The molecule has 0 saturated carbocycles. The Bertz CT molecular complexity index is 1220. The number of ether oxygens (including phenoxy) is 1. The van der Waals surface area contributed by atoms with Crippen molar-refractivity contribution in [2.75, 3.05) is 18.0 Å². The number of anilines is 1. The maximum Gasteiger partial charge on any atom is 0.264 e. The third-order valence-electron chi connectivity index (χ3n) is 5.98. The second kappa shape index (κ2) is 9.67. The lowest BCUT2D eigenvalue weighted by Crippen LogP contribution is -2.41. The Balaban J connectivity index is 1.57. The summed E-state index contributed by atoms with van der Waals surface area (Å²) in [6.45, 7) is 1.58. The SMILES string of the molecule is COc1ccc(N(CC(=O)N[C@@H](C)c2ccc3c(c2)CCC3)S(=O)(=O)c2ccccc2)cc1. The monoisotopic (exact) mass is 464 g/mol. The largest absolute Gasteiger partial charge is 0.497 e. The van der Waals surface area contributed by atoms with E-state index in [9.17, 15) is 13.2 Å². The highest BCUT2D eigenvalue weighted by atomic mass is 32.2. The van der Waals surface area contributed by atoms with E-state index in [1.54, 1.807) is 49.6 Å². The zero-order chi connectivity index (χ0) is 23.4. The molecule has 0 heterocycles. The molecule has 4 rings (SSSR count). The number of methoxy groups -OCH3 is 1. The standard InChI is InChI=1S/C26H28N2O4S/c1-19(21-12-11-20-7-6-8-22(20)17-21)27-26(29)18-28(23-13-15-24(32-2)16-14-23)33(30,31)25-9-4-3-5-10-25/h3-5,9-17,19H,6-8,18H2,1-2H3,(H,27,29)/t19-/m0/s1. The number of benzene rings is 3. The van der Waals surface area contributed by atoms with Gasteiger partial charge in [0.1, 0.15) is 12.3 Å². The minimum atomic E-state index is -3.95. The number of amides is 1. The van der Waals surface area contributed by atoms with Gasteiger partial charge in [-0.1, -0.05) is 36.4 Å². The lowest BCUT2D eigenvalue weighted by atomic mass is 10.0. The third kappa shape index (κ3) is 5.03. The zero-order valence-electron chi connectivity index (χ0n) is 18.8. The number of nitrogens with one attached hydrogen (secondary N) is 1. The Kier molecular flexibility index (Phi) is 6.70. The molecule has 0 spiro atoms. The molecule has 1 amide bonds. The summed E-state index contributed by atoms with van der Waals surface area (Å²) in [5.41, 5.74) is 4.11. The van der Waals surface area contributed by atoms with Gasteiger partial charge >= 0.3 is 0 Å². The van der Waals surface area contributed by atoms with Crippen molar-refractivity contribution in [2.45, 2.75) is 37.1 Å². The number of carbonyl (C=O) groups excluding carboxylic acids is 1. The molecule has 0 aliphatic heterocycles. The maximum absolute atomic E-state index is 13.4. The molecule has 1 aliphatic rings. The highest BCUT2D eigenvalue weighted by Crippen LogP contribution is 2.27. The minimum Gasteiger partial charge on any atom is -0.497 e. The van der Waals surface area contributed by atoms with E-state index in [2.05, 4.69) is 17.4 Å². The second-order valence-corrected chi connectivity index (χ2v) is 10.1. The maximum atomic E-state index is 13.4. The number of nitrogens with zero attached hydrogens (tertiary/aromatic N) is 1. The zero-order valence-corrected chi connectivity index (χ0v) is 19.6. The van der Waals surface area contributed by atoms with Gasteiger partial charge in [-0.3, -0.25) is 9.10 Å². The van der Waals surface area contributed by atoms with E-state index in [0.29, 0.717) is 11.4 Å². The topological polar surface area (TPSA) is 75.7 Å². The number of hydrogen-bond acceptors (Lipinski definition) is 4. The molecule has 33 heavy (non-hydrogen) atoms. The minimum absolute atomic E-state index is 0.125. The summed E-state index contributed by atoms with van der Waals surface area (Å²) in [7, 11) is -2.40. The van der Waals surface area contributed by atoms with E-state index in [0.717, 1.165) is 29.1 Å². The van der Waals surface area contributed by atoms with Gasteiger partial charge in [-0.2, -0.15) is 0 Å². The Labute approximate surface area is 195 Å². The average molecular weight is 465 g/mol. The normalized spacial score (nSPS) is 13.8. The summed E-state index contributed by atoms with van der Waals surface area (Å²) in [5, 5.41) is 2.96. The second-order valence-electron chi connectivity index (χ2n) is 8.19. The smallest absolute Gasteiger partial charge is 0.264 e. The first-order chi connectivity index (χ1) is 15.9. The highest BCUT2D eigenvalue weighted by molar-refractivity contribution is 7.92. The molecule has 0 saturated heterocycles. The lowest BCUT2D eigenvalue weighted by molar-refractivity contribution is -0.120. The average Bonchev–Trinajstić information content (AvgIpc) is 3.31. The quantitative estimate of drug-likeness (QED) is 0.541. The van der Waals surface area contributed by atoms with E-state index in [1.165, 1.54) is 23.3 Å². The molecule has 1 atom stereocenters. The first kappa shape index (κ1) is 22.9. The Morgan fingerprint density at radius 2 is 1.70 bits per heavy atom. The summed E-state index contributed by atoms with van der Waals surface area (Å²) >= 11 is 0. The first-order valence-corrected chi connectivity index (χ1v) is 12.5. The van der Waals surface area contributed by atoms with Crippen molar-refractivity contribution in [3.05, 3.63) is 89.5 Å². The number of aryl methyl sites for hydroxylation is 2. The van der Waals surface area contributed by atoms with Crippen LogP contribution in [-0.4, -0.2) is 28.0 Å². The van der Waals surface area contributed by atoms with Crippen molar-refractivity contribution in [1.29, 1.82) is 0 Å². The van der Waals surface area contributed by atoms with Crippen LogP contribution in [0.15, 0.2) is 77.7 Å². The molecule has 172 valence electrons. The van der Waals surface area contributed by atoms with Crippen molar-refractivity contribution >= 4 is 21.6 Å². The predicted octanol–water partition coefficient (Wildman–Crippen LogP) is 4.26. The fraction of sp³-hybridized carbons (Fsp3) is 0.269. The highest BCUT2D eigenvalue weighted by Gasteiger charge is 2.27. The van der Waals surface area contributed by atoms with Crippen LogP contribution < -0.4 is 14.4 Å². The Morgan fingerprint density at radius 3 is 2.39 bits per heavy atom. The molecule has 7 heteroatoms. The van der Waals surface area contributed by atoms with Crippen LogP contribution in [0.2, 0.25) is 0 Å². The van der Waals surface area contributed by atoms with Gasteiger partial charge in [-0.15, -0.1) is 0 Å². The third-order valence-corrected chi connectivity index (χ3v) is 7.77. The molecular formula is C26H28N2O4S. The predicted molar refractivity (Wildman–Crippen MR) is 129 cm³/mol. The van der Waals surface area contributed by atoms with Crippen LogP contribution >= 0.6 is 0 Å². The van der Waals surface area contributed by atoms with Gasteiger partial charge in [0, 0.05) is 0 Å². The summed E-state index contributed by atoms with van der Waals surface area (Å²) in [4.78, 5) is 13.1. The van der Waals surface area contributed by atoms with Crippen molar-refractivity contribution < 1.29 is 17.9 Å². The Morgan fingerprint density at radius 1 is 1.00 bits per heavy atom. The molecule has 0 unspecified atom stereocenters. The molecule has 0 fully saturated rings. The lowest BCUT2D eigenvalue weighted by Gasteiger charge is -2.25. The van der Waals surface area contributed by atoms with E-state index in [4.69, 9.17) is 4.74 Å². The number of sulfonamides is 1. The first-order valence-electron chi connectivity index (χ1n) is 11.0. The summed E-state index contributed by atoms with van der Waals surface area (Å²) < 4.78 is 33.2. The number of hydrogen-bond donors (Lipinski definition) is 1. The van der Waals surface area contributed by atoms with Gasteiger partial charge in [-0.05, 0) is 79.3 Å². The number of carbonyl (C=O) groups is 1. The van der Waals surface area contributed by atoms with Crippen molar-refractivity contribution in [3.8, 4) is 5.75 Å². The molecular weight excluding hydrogens is 436 g/mol. The molecule has 0 radical (unpaired) electrons. The van der Waals surface area contributed by atoms with Gasteiger partial charge in [0.05, 0.1) is 23.7 Å². The molecule has 3 aromatic carbocycles. The number of rotatable bonds is 8. The van der Waals surface area contributed by atoms with Crippen LogP contribution in [0.25, 0.3) is 0 Å². The van der Waals surface area contributed by atoms with Gasteiger partial charge in [0.2, 0.25) is 5.91 Å². The van der Waals surface area contributed by atoms with Crippen molar-refractivity contribution in [1.82, 2.24) is 5.32 Å². The molecule has 1 aliphatic carbocycles. The van der Waals surface area contributed by atoms with Crippen LogP contribution in [0.3, 0.4) is 0 Å². The van der Waals surface area contributed by atoms with E-state index < -0.39 is 10.0 Å². The fourth-order valence-electron chi connectivity index (χ4n) is 4.15. The van der Waals surface area contributed by atoms with Crippen molar-refractivity contribution in [3.63, 3.8) is 0 Å². The van der Waals surface area contributed by atoms with E-state index in [1.807, 2.05) is 13.0 Å². The van der Waals surface area contributed by atoms with Crippen LogP contribution in [0.5, 0.6) is 5.75 Å². The number of fused-ring (bicyclic) bond motifs is 1. The van der Waals surface area contributed by atoms with Crippen LogP contribution in [0.4, 0.5) is 5.69 Å². The van der Waals surface area contributed by atoms with E-state index in [-0.39, 0.29) is 23.4 Å². The van der Waals surface area contributed by atoms with Gasteiger partial charge in [0.25, 0.3) is 10.0 Å². The molecule has 1 N–H and O–H groups in total. The summed E-state index contributed by atoms with van der Waals surface area (Å²) in [6, 6.07) is 20.8. The molecule has 3 aromatic rings. The van der Waals surface area contributed by atoms with E-state index >= 15 is 0 Å². The Hall–Kier alpha value is -3.32. The molecule has 6 nitrogen and oxygen atoms in total. The van der Waals surface area contributed by atoms with Crippen molar-refractivity contribution in [2.24, 2.45) is 0 Å². The summed E-state index contributed by atoms with van der Waals surface area (Å²) in [6.07, 6.45) is 3.32. The van der Waals surface area contributed by atoms with Gasteiger partial charge in [0.15, 0.2) is 0 Å². The fourth-order valence-corrected chi connectivity index (χ4v) is 5.59. The van der Waals surface area contributed by atoms with Crippen LogP contribution in [0, 0.1) is 0 Å². The van der Waals surface area contributed by atoms with Gasteiger partial charge in [-0.25, -0.2) is 8.42 Å². The summed E-state index contributed by atoms with van der Waals surface area (Å²) in [5.74, 6) is 0.226. The van der Waals surface area contributed by atoms with Crippen LogP contribution in [0.1, 0.15) is 36.1 Å². The molecule has 0 bridgehead atoms.